The van der Waals surface area contributed by atoms with E-state index < -0.39 is 5.54 Å². The van der Waals surface area contributed by atoms with Crippen molar-refractivity contribution in [1.29, 1.82) is 0 Å². The van der Waals surface area contributed by atoms with Crippen molar-refractivity contribution >= 4 is 23.3 Å². The molecule has 0 N–H and O–H groups in total. The highest BCUT2D eigenvalue weighted by Crippen LogP contribution is 2.30. The number of hydrogen-bond acceptors (Lipinski definition) is 4. The number of carbonyl (C=O) groups is 1. The zero-order chi connectivity index (χ0) is 16.0. The van der Waals surface area contributed by atoms with Crippen LogP contribution < -0.4 is 4.90 Å². The fourth-order valence-corrected chi connectivity index (χ4v) is 2.67. The van der Waals surface area contributed by atoms with Crippen LogP contribution in [-0.4, -0.2) is 46.5 Å². The number of hydrogen-bond donors (Lipinski definition) is 0. The van der Waals surface area contributed by atoms with Gasteiger partial charge in [-0.15, -0.1) is 0 Å². The van der Waals surface area contributed by atoms with Crippen LogP contribution in [0.5, 0.6) is 0 Å². The predicted molar refractivity (Wildman–Crippen MR) is 84.8 cm³/mol. The van der Waals surface area contributed by atoms with Crippen LogP contribution in [0.15, 0.2) is 6.07 Å². The van der Waals surface area contributed by atoms with E-state index >= 15 is 0 Å². The van der Waals surface area contributed by atoms with Crippen molar-refractivity contribution in [3.8, 4) is 0 Å². The fourth-order valence-electron chi connectivity index (χ4n) is 2.49. The normalized spacial score (nSPS) is 19.1. The van der Waals surface area contributed by atoms with Gasteiger partial charge in [0, 0.05) is 31.6 Å². The fraction of sp³-hybridized carbons (Fsp3) is 0.667. The van der Waals surface area contributed by atoms with E-state index in [9.17, 15) is 4.79 Å². The topological polar surface area (TPSA) is 49.3 Å². The van der Waals surface area contributed by atoms with Crippen molar-refractivity contribution in [3.05, 3.63) is 17.0 Å². The minimum Gasteiger partial charge on any atom is -0.342 e. The molecule has 0 aliphatic carbocycles. The molecule has 1 fully saturated rings. The second-order valence-corrected chi connectivity index (χ2v) is 7.45. The van der Waals surface area contributed by atoms with Gasteiger partial charge in [-0.25, -0.2) is 9.97 Å². The molecular weight excluding hydrogens is 288 g/mol. The van der Waals surface area contributed by atoms with Crippen molar-refractivity contribution in [1.82, 2.24) is 14.9 Å². The zero-order valence-corrected chi connectivity index (χ0v) is 14.3. The molecule has 0 unspecified atom stereocenters. The van der Waals surface area contributed by atoms with E-state index in [1.165, 1.54) is 0 Å². The van der Waals surface area contributed by atoms with E-state index in [0.717, 1.165) is 6.54 Å². The Hall–Kier alpha value is -1.36. The first-order valence-corrected chi connectivity index (χ1v) is 7.49. The standard InChI is InChI=1S/C15H23ClN4O/c1-14(2,3)12-17-10(16)9-11(18-12)20-8-7-19(6)13(21)15(20,4)5/h9H,7-8H2,1-6H3. The molecule has 1 aliphatic rings. The SMILES string of the molecule is CN1CCN(c2cc(Cl)nc(C(C)(C)C)n2)C(C)(C)C1=O. The number of amides is 1. The van der Waals surface area contributed by atoms with Gasteiger partial charge in [0.15, 0.2) is 0 Å². The Bertz CT molecular complexity index is 565. The number of carbonyl (C=O) groups excluding carboxylic acids is 1. The third-order valence-corrected chi connectivity index (χ3v) is 4.03. The van der Waals surface area contributed by atoms with Gasteiger partial charge in [-0.05, 0) is 13.8 Å². The van der Waals surface area contributed by atoms with Gasteiger partial charge in [-0.1, -0.05) is 32.4 Å². The smallest absolute Gasteiger partial charge is 0.247 e. The molecule has 2 heterocycles. The number of rotatable bonds is 1. The van der Waals surface area contributed by atoms with E-state index in [2.05, 4.69) is 9.97 Å². The maximum atomic E-state index is 12.4. The quantitative estimate of drug-likeness (QED) is 0.748. The second-order valence-electron chi connectivity index (χ2n) is 7.06. The van der Waals surface area contributed by atoms with Gasteiger partial charge in [0.2, 0.25) is 5.91 Å². The number of piperazine rings is 1. The van der Waals surface area contributed by atoms with Crippen LogP contribution in [0.2, 0.25) is 5.15 Å². The summed E-state index contributed by atoms with van der Waals surface area (Å²) < 4.78 is 0. The molecule has 0 spiro atoms. The van der Waals surface area contributed by atoms with Gasteiger partial charge in [0.1, 0.15) is 22.3 Å². The third-order valence-electron chi connectivity index (χ3n) is 3.83. The Labute approximate surface area is 131 Å². The monoisotopic (exact) mass is 310 g/mol. The Morgan fingerprint density at radius 1 is 1.24 bits per heavy atom. The highest BCUT2D eigenvalue weighted by atomic mass is 35.5. The Balaban J connectivity index is 2.47. The molecule has 6 heteroatoms. The first kappa shape index (κ1) is 16.0. The van der Waals surface area contributed by atoms with Crippen LogP contribution in [0.25, 0.3) is 0 Å². The van der Waals surface area contributed by atoms with E-state index in [0.29, 0.717) is 23.3 Å². The molecule has 0 bridgehead atoms. The molecule has 1 aliphatic heterocycles. The van der Waals surface area contributed by atoms with Gasteiger partial charge >= 0.3 is 0 Å². The summed E-state index contributed by atoms with van der Waals surface area (Å²) in [6.45, 7) is 11.4. The average Bonchev–Trinajstić information content (AvgIpc) is 2.34. The molecule has 1 aromatic rings. The highest BCUT2D eigenvalue weighted by molar-refractivity contribution is 6.29. The van der Waals surface area contributed by atoms with Gasteiger partial charge < -0.3 is 9.80 Å². The lowest BCUT2D eigenvalue weighted by Crippen LogP contribution is -2.62. The van der Waals surface area contributed by atoms with Crippen LogP contribution in [-0.2, 0) is 10.2 Å². The summed E-state index contributed by atoms with van der Waals surface area (Å²) in [7, 11) is 1.83. The maximum absolute atomic E-state index is 12.4. The van der Waals surface area contributed by atoms with Crippen LogP contribution in [0.3, 0.4) is 0 Å². The zero-order valence-electron chi connectivity index (χ0n) is 13.6. The van der Waals surface area contributed by atoms with Crippen molar-refractivity contribution in [2.24, 2.45) is 0 Å². The molecule has 0 aromatic carbocycles. The lowest BCUT2D eigenvalue weighted by molar-refractivity contribution is -0.136. The first-order valence-electron chi connectivity index (χ1n) is 7.12. The number of likely N-dealkylation sites (N-methyl/N-ethyl adjacent to an activating group) is 1. The number of anilines is 1. The van der Waals surface area contributed by atoms with Gasteiger partial charge in [0.05, 0.1) is 0 Å². The predicted octanol–water partition coefficient (Wildman–Crippen LogP) is 2.48. The summed E-state index contributed by atoms with van der Waals surface area (Å²) in [5.41, 5.74) is -0.833. The maximum Gasteiger partial charge on any atom is 0.247 e. The molecule has 1 aromatic heterocycles. The summed E-state index contributed by atoms with van der Waals surface area (Å²) in [6, 6.07) is 1.73. The number of aromatic nitrogens is 2. The average molecular weight is 311 g/mol. The van der Waals surface area contributed by atoms with Gasteiger partial charge in [-0.2, -0.15) is 0 Å². The summed E-state index contributed by atoms with van der Waals surface area (Å²) in [6.07, 6.45) is 0. The minimum absolute atomic E-state index is 0.0841. The van der Waals surface area contributed by atoms with Crippen LogP contribution in [0.4, 0.5) is 5.82 Å². The molecule has 1 saturated heterocycles. The van der Waals surface area contributed by atoms with Crippen LogP contribution in [0.1, 0.15) is 40.4 Å². The van der Waals surface area contributed by atoms with Crippen LogP contribution in [0, 0.1) is 0 Å². The second kappa shape index (κ2) is 5.13. The molecule has 5 nitrogen and oxygen atoms in total. The lowest BCUT2D eigenvalue weighted by atomic mass is 9.95. The summed E-state index contributed by atoms with van der Waals surface area (Å²) in [5, 5.41) is 0.409. The van der Waals surface area contributed by atoms with E-state index in [1.54, 1.807) is 11.0 Å². The molecule has 2 rings (SSSR count). The lowest BCUT2D eigenvalue weighted by Gasteiger charge is -2.45. The molecular formula is C15H23ClN4O. The molecule has 21 heavy (non-hydrogen) atoms. The van der Waals surface area contributed by atoms with Crippen LogP contribution >= 0.6 is 11.6 Å². The molecule has 116 valence electrons. The van der Waals surface area contributed by atoms with Crippen molar-refractivity contribution < 1.29 is 4.79 Å². The Morgan fingerprint density at radius 3 is 2.43 bits per heavy atom. The van der Waals surface area contributed by atoms with E-state index in [-0.39, 0.29) is 11.3 Å². The van der Waals surface area contributed by atoms with Crippen molar-refractivity contribution in [2.45, 2.75) is 45.6 Å². The third kappa shape index (κ3) is 2.98. The molecule has 0 radical (unpaired) electrons. The molecule has 1 amide bonds. The summed E-state index contributed by atoms with van der Waals surface area (Å²) >= 11 is 6.16. The largest absolute Gasteiger partial charge is 0.342 e. The first-order chi connectivity index (χ1) is 9.53. The van der Waals surface area contributed by atoms with Crippen molar-refractivity contribution in [2.75, 3.05) is 25.0 Å². The van der Waals surface area contributed by atoms with E-state index in [1.807, 2.05) is 46.6 Å². The highest BCUT2D eigenvalue weighted by Gasteiger charge is 2.41. The molecule has 0 atom stereocenters. The van der Waals surface area contributed by atoms with Gasteiger partial charge in [0.25, 0.3) is 0 Å². The Morgan fingerprint density at radius 2 is 1.86 bits per heavy atom. The van der Waals surface area contributed by atoms with E-state index in [4.69, 9.17) is 11.6 Å². The van der Waals surface area contributed by atoms with Crippen molar-refractivity contribution in [3.63, 3.8) is 0 Å². The minimum atomic E-state index is -0.639. The summed E-state index contributed by atoms with van der Waals surface area (Å²) in [4.78, 5) is 25.1. The number of halogens is 1. The number of nitrogens with zero attached hydrogens (tertiary/aromatic N) is 4. The Kier molecular flexibility index (Phi) is 3.91. The van der Waals surface area contributed by atoms with Gasteiger partial charge in [-0.3, -0.25) is 4.79 Å². The summed E-state index contributed by atoms with van der Waals surface area (Å²) in [5.74, 6) is 1.49. The molecule has 0 saturated carbocycles.